The lowest BCUT2D eigenvalue weighted by Gasteiger charge is -2.23. The van der Waals surface area contributed by atoms with Crippen LogP contribution in [0.1, 0.15) is 45.8 Å². The van der Waals surface area contributed by atoms with Gasteiger partial charge in [0.25, 0.3) is 0 Å². The number of alkyl halides is 1. The van der Waals surface area contributed by atoms with Gasteiger partial charge in [-0.15, -0.1) is 22.9 Å². The summed E-state index contributed by atoms with van der Waals surface area (Å²) in [5.41, 5.74) is 1.08. The Morgan fingerprint density at radius 2 is 1.86 bits per heavy atom. The molecule has 1 aliphatic rings. The van der Waals surface area contributed by atoms with Crippen LogP contribution in [0.2, 0.25) is 10.0 Å². The van der Waals surface area contributed by atoms with E-state index < -0.39 is 0 Å². The Morgan fingerprint density at radius 1 is 1.14 bits per heavy atom. The van der Waals surface area contributed by atoms with Gasteiger partial charge in [-0.2, -0.15) is 0 Å². The molecular weight excluding hydrogens is 451 g/mol. The summed E-state index contributed by atoms with van der Waals surface area (Å²) in [7, 11) is 1.39. The number of methoxy groups -OCH3 is 1. The van der Waals surface area contributed by atoms with Gasteiger partial charge in [0.05, 0.1) is 13.2 Å². The lowest BCUT2D eigenvalue weighted by atomic mass is 9.85. The van der Waals surface area contributed by atoms with E-state index in [2.05, 4.69) is 0 Å². The molecule has 2 aromatic rings. The summed E-state index contributed by atoms with van der Waals surface area (Å²) >= 11 is 20.3. The van der Waals surface area contributed by atoms with Crippen molar-refractivity contribution in [3.05, 3.63) is 55.7 Å². The van der Waals surface area contributed by atoms with Crippen LogP contribution in [0, 0.1) is 11.8 Å². The summed E-state index contributed by atoms with van der Waals surface area (Å²) < 4.78 is 4.76. The van der Waals surface area contributed by atoms with E-state index in [0.29, 0.717) is 21.3 Å². The lowest BCUT2D eigenvalue weighted by molar-refractivity contribution is 0.0606. The first kappa shape index (κ1) is 22.9. The summed E-state index contributed by atoms with van der Waals surface area (Å²) in [5, 5.41) is 11.8. The molecule has 0 saturated heterocycles. The average molecular weight is 476 g/mol. The zero-order valence-electron chi connectivity index (χ0n) is 16.2. The molecule has 0 spiro atoms. The van der Waals surface area contributed by atoms with Crippen molar-refractivity contribution in [1.29, 1.82) is 0 Å². The average Bonchev–Trinajstić information content (AvgIpc) is 3.23. The first-order valence-corrected chi connectivity index (χ1v) is 11.8. The van der Waals surface area contributed by atoms with Gasteiger partial charge in [0.2, 0.25) is 0 Å². The van der Waals surface area contributed by atoms with Crippen molar-refractivity contribution in [2.24, 2.45) is 11.8 Å². The van der Waals surface area contributed by atoms with Gasteiger partial charge in [-0.05, 0) is 86.3 Å². The third-order valence-corrected chi connectivity index (χ3v) is 7.74. The van der Waals surface area contributed by atoms with Crippen LogP contribution in [-0.2, 0) is 17.6 Å². The molecule has 3 rings (SSSR count). The zero-order chi connectivity index (χ0) is 21.0. The zero-order valence-corrected chi connectivity index (χ0v) is 19.3. The van der Waals surface area contributed by atoms with Crippen molar-refractivity contribution in [1.82, 2.24) is 0 Å². The summed E-state index contributed by atoms with van der Waals surface area (Å²) in [4.78, 5) is 13.4. The smallest absolute Gasteiger partial charge is 0.348 e. The van der Waals surface area contributed by atoms with Crippen molar-refractivity contribution >= 4 is 52.1 Å². The van der Waals surface area contributed by atoms with Crippen molar-refractivity contribution in [2.75, 3.05) is 7.11 Å². The number of thiophene rings is 1. The molecule has 7 heteroatoms. The molecule has 1 aliphatic carbocycles. The number of aryl methyl sites for hydroxylation is 2. The standard InChI is InChI=1S/C22H25Cl3O3S/c1-28-22(27)21-8-6-16(29-21)3-2-4-17-18(20(26)12-19(17)25)7-5-13-9-14(23)11-15(24)10-13/h6,8-11,17-20,26H,2-5,7,12H2,1H3/t17-,18-,19-,20-/m1/s1. The second-order valence-electron chi connectivity index (χ2n) is 7.61. The van der Waals surface area contributed by atoms with Crippen LogP contribution in [0.5, 0.6) is 0 Å². The van der Waals surface area contributed by atoms with Gasteiger partial charge in [-0.3, -0.25) is 0 Å². The summed E-state index contributed by atoms with van der Waals surface area (Å²) in [6.07, 6.45) is 4.77. The highest BCUT2D eigenvalue weighted by Gasteiger charge is 2.40. The van der Waals surface area contributed by atoms with Gasteiger partial charge in [0, 0.05) is 20.3 Å². The fourth-order valence-corrected chi connectivity index (χ4v) is 6.29. The Hall–Kier alpha value is -0.780. The number of aliphatic hydroxyl groups excluding tert-OH is 1. The van der Waals surface area contributed by atoms with Crippen LogP contribution in [0.4, 0.5) is 0 Å². The maximum Gasteiger partial charge on any atom is 0.348 e. The number of halogens is 3. The largest absolute Gasteiger partial charge is 0.465 e. The maximum atomic E-state index is 11.6. The summed E-state index contributed by atoms with van der Waals surface area (Å²) in [6, 6.07) is 9.38. The van der Waals surface area contributed by atoms with Crippen LogP contribution in [0.15, 0.2) is 30.3 Å². The molecule has 1 aromatic heterocycles. The minimum Gasteiger partial charge on any atom is -0.465 e. The molecule has 0 aliphatic heterocycles. The number of carbonyl (C=O) groups is 1. The number of aliphatic hydroxyl groups is 1. The van der Waals surface area contributed by atoms with Crippen LogP contribution in [0.3, 0.4) is 0 Å². The predicted molar refractivity (Wildman–Crippen MR) is 121 cm³/mol. The molecule has 4 atom stereocenters. The molecular formula is C22H25Cl3O3S. The number of rotatable bonds is 8. The van der Waals surface area contributed by atoms with Crippen LogP contribution in [0.25, 0.3) is 0 Å². The Kier molecular flexibility index (Phi) is 8.29. The Labute approximate surface area is 190 Å². The van der Waals surface area contributed by atoms with E-state index in [1.54, 1.807) is 6.07 Å². The molecule has 1 N–H and O–H groups in total. The molecule has 1 fully saturated rings. The molecule has 3 nitrogen and oxygen atoms in total. The fraction of sp³-hybridized carbons (Fsp3) is 0.500. The predicted octanol–water partition coefficient (Wildman–Crippen LogP) is 6.40. The monoisotopic (exact) mass is 474 g/mol. The van der Waals surface area contributed by atoms with Crippen LogP contribution in [-0.4, -0.2) is 29.7 Å². The summed E-state index contributed by atoms with van der Waals surface area (Å²) in [5.74, 6) is 0.160. The van der Waals surface area contributed by atoms with Gasteiger partial charge in [0.1, 0.15) is 4.88 Å². The summed E-state index contributed by atoms with van der Waals surface area (Å²) in [6.45, 7) is 0. The Morgan fingerprint density at radius 3 is 2.55 bits per heavy atom. The van der Waals surface area contributed by atoms with E-state index in [9.17, 15) is 9.90 Å². The highest BCUT2D eigenvalue weighted by atomic mass is 35.5. The first-order valence-electron chi connectivity index (χ1n) is 9.81. The minimum absolute atomic E-state index is 0.00749. The number of hydrogen-bond donors (Lipinski definition) is 1. The van der Waals surface area contributed by atoms with Gasteiger partial charge >= 0.3 is 5.97 Å². The lowest BCUT2D eigenvalue weighted by Crippen LogP contribution is -2.21. The first-order chi connectivity index (χ1) is 13.9. The van der Waals surface area contributed by atoms with Gasteiger partial charge < -0.3 is 9.84 Å². The molecule has 0 bridgehead atoms. The van der Waals surface area contributed by atoms with Crippen molar-refractivity contribution in [2.45, 2.75) is 50.0 Å². The van der Waals surface area contributed by atoms with E-state index in [-0.39, 0.29) is 29.3 Å². The highest BCUT2D eigenvalue weighted by Crippen LogP contribution is 2.42. The number of benzene rings is 1. The minimum atomic E-state index is -0.371. The molecule has 29 heavy (non-hydrogen) atoms. The highest BCUT2D eigenvalue weighted by molar-refractivity contribution is 7.13. The van der Waals surface area contributed by atoms with E-state index in [0.717, 1.165) is 37.7 Å². The quantitative estimate of drug-likeness (QED) is 0.355. The van der Waals surface area contributed by atoms with Crippen molar-refractivity contribution in [3.8, 4) is 0 Å². The maximum absolute atomic E-state index is 11.6. The second-order valence-corrected chi connectivity index (χ2v) is 10.2. The van der Waals surface area contributed by atoms with E-state index in [4.69, 9.17) is 39.5 Å². The molecule has 1 aromatic carbocycles. The van der Waals surface area contributed by atoms with Crippen molar-refractivity contribution < 1.29 is 14.6 Å². The number of carbonyl (C=O) groups excluding carboxylic acids is 1. The van der Waals surface area contributed by atoms with Gasteiger partial charge in [-0.25, -0.2) is 4.79 Å². The number of ether oxygens (including phenoxy) is 1. The normalized spacial score (nSPS) is 24.0. The third kappa shape index (κ3) is 6.11. The topological polar surface area (TPSA) is 46.5 Å². The van der Waals surface area contributed by atoms with E-state index in [1.807, 2.05) is 24.3 Å². The Bertz CT molecular complexity index is 818. The molecule has 158 valence electrons. The van der Waals surface area contributed by atoms with Gasteiger partial charge in [-0.1, -0.05) is 23.2 Å². The van der Waals surface area contributed by atoms with Crippen molar-refractivity contribution in [3.63, 3.8) is 0 Å². The van der Waals surface area contributed by atoms with Crippen LogP contribution < -0.4 is 0 Å². The Balaban J connectivity index is 1.55. The second kappa shape index (κ2) is 10.5. The fourth-order valence-electron chi connectivity index (χ4n) is 4.26. The van der Waals surface area contributed by atoms with Gasteiger partial charge in [0.15, 0.2) is 0 Å². The molecule has 0 amide bonds. The molecule has 1 heterocycles. The van der Waals surface area contributed by atoms with E-state index >= 15 is 0 Å². The molecule has 1 saturated carbocycles. The molecule has 0 radical (unpaired) electrons. The van der Waals surface area contributed by atoms with E-state index in [1.165, 1.54) is 23.3 Å². The SMILES string of the molecule is COC(=O)c1ccc(CCC[C@@H]2[C@@H](CCc3cc(Cl)cc(Cl)c3)[C@H](O)C[C@H]2Cl)s1. The number of esters is 1. The van der Waals surface area contributed by atoms with Crippen LogP contribution >= 0.6 is 46.1 Å². The third-order valence-electron chi connectivity index (χ3n) is 5.67. The number of hydrogen-bond acceptors (Lipinski definition) is 4. The molecule has 0 unspecified atom stereocenters.